The number of amides is 1. The number of nitrogens with zero attached hydrogens (tertiary/aromatic N) is 4. The van der Waals surface area contributed by atoms with Gasteiger partial charge >= 0.3 is 0 Å². The third-order valence-electron chi connectivity index (χ3n) is 3.67. The molecule has 0 bridgehead atoms. The molecule has 0 radical (unpaired) electrons. The number of rotatable bonds is 5. The summed E-state index contributed by atoms with van der Waals surface area (Å²) in [6.45, 7) is 4.65. The summed E-state index contributed by atoms with van der Waals surface area (Å²) in [6, 6.07) is 1.78. The molecule has 0 aliphatic rings. The summed E-state index contributed by atoms with van der Waals surface area (Å²) < 4.78 is 3.36. The highest BCUT2D eigenvalue weighted by molar-refractivity contribution is 7.16. The maximum absolute atomic E-state index is 12.4. The van der Waals surface area contributed by atoms with Crippen molar-refractivity contribution in [3.8, 4) is 0 Å². The Bertz CT molecular complexity index is 908. The first-order chi connectivity index (χ1) is 11.1. The normalized spacial score (nSPS) is 11.0. The number of carbonyl (C=O) groups is 1. The maximum atomic E-state index is 12.4. The van der Waals surface area contributed by atoms with Crippen LogP contribution >= 0.6 is 11.3 Å². The van der Waals surface area contributed by atoms with E-state index in [-0.39, 0.29) is 18.0 Å². The molecule has 0 aliphatic carbocycles. The summed E-state index contributed by atoms with van der Waals surface area (Å²) >= 11 is 1.45. The number of aryl methyl sites for hydroxylation is 2. The average Bonchev–Trinajstić information content (AvgIpc) is 3.12. The van der Waals surface area contributed by atoms with Crippen molar-refractivity contribution in [3.63, 3.8) is 0 Å². The van der Waals surface area contributed by atoms with E-state index in [2.05, 4.69) is 15.3 Å². The minimum absolute atomic E-state index is 0.0616. The Morgan fingerprint density at radius 1 is 1.35 bits per heavy atom. The molecule has 120 valence electrons. The summed E-state index contributed by atoms with van der Waals surface area (Å²) in [5.41, 5.74) is -0.0616. The van der Waals surface area contributed by atoms with E-state index in [1.54, 1.807) is 34.5 Å². The van der Waals surface area contributed by atoms with Crippen LogP contribution in [-0.2, 0) is 17.9 Å². The molecule has 23 heavy (non-hydrogen) atoms. The molecule has 3 aromatic heterocycles. The van der Waals surface area contributed by atoms with Crippen LogP contribution in [0.2, 0.25) is 0 Å². The molecule has 0 atom stereocenters. The largest absolute Gasteiger partial charge is 0.353 e. The SMILES string of the molecule is Cc1nccn1CC(=O)NCCn1c(C)nc2sccc2c1=O. The third kappa shape index (κ3) is 3.16. The second kappa shape index (κ2) is 6.33. The molecule has 1 amide bonds. The van der Waals surface area contributed by atoms with E-state index in [0.29, 0.717) is 24.3 Å². The van der Waals surface area contributed by atoms with Crippen molar-refractivity contribution in [2.75, 3.05) is 6.54 Å². The van der Waals surface area contributed by atoms with Gasteiger partial charge in [-0.2, -0.15) is 0 Å². The first-order valence-corrected chi connectivity index (χ1v) is 8.13. The molecule has 0 spiro atoms. The van der Waals surface area contributed by atoms with Gasteiger partial charge in [-0.1, -0.05) is 0 Å². The lowest BCUT2D eigenvalue weighted by molar-refractivity contribution is -0.121. The van der Waals surface area contributed by atoms with Crippen molar-refractivity contribution in [2.45, 2.75) is 26.9 Å². The number of imidazole rings is 1. The lowest BCUT2D eigenvalue weighted by Crippen LogP contribution is -2.34. The van der Waals surface area contributed by atoms with E-state index in [9.17, 15) is 9.59 Å². The van der Waals surface area contributed by atoms with Gasteiger partial charge in [0.1, 0.15) is 23.0 Å². The molecule has 3 aromatic rings. The molecule has 0 saturated carbocycles. The Kier molecular flexibility index (Phi) is 4.24. The Labute approximate surface area is 136 Å². The Morgan fingerprint density at radius 3 is 2.91 bits per heavy atom. The molecule has 3 rings (SSSR count). The minimum atomic E-state index is -0.110. The summed E-state index contributed by atoms with van der Waals surface area (Å²) in [7, 11) is 0. The highest BCUT2D eigenvalue weighted by Gasteiger charge is 2.09. The quantitative estimate of drug-likeness (QED) is 0.759. The van der Waals surface area contributed by atoms with E-state index in [0.717, 1.165) is 10.7 Å². The molecule has 0 unspecified atom stereocenters. The zero-order valence-electron chi connectivity index (χ0n) is 12.9. The number of carbonyl (C=O) groups excluding carboxylic acids is 1. The maximum Gasteiger partial charge on any atom is 0.262 e. The van der Waals surface area contributed by atoms with E-state index >= 15 is 0 Å². The van der Waals surface area contributed by atoms with Crippen LogP contribution < -0.4 is 10.9 Å². The van der Waals surface area contributed by atoms with Gasteiger partial charge in [-0.3, -0.25) is 14.2 Å². The average molecular weight is 331 g/mol. The van der Waals surface area contributed by atoms with Gasteiger partial charge in [-0.25, -0.2) is 9.97 Å². The smallest absolute Gasteiger partial charge is 0.262 e. The first-order valence-electron chi connectivity index (χ1n) is 7.25. The van der Waals surface area contributed by atoms with Crippen molar-refractivity contribution in [3.05, 3.63) is 45.8 Å². The summed E-state index contributed by atoms with van der Waals surface area (Å²) in [4.78, 5) is 33.6. The van der Waals surface area contributed by atoms with Crippen molar-refractivity contribution >= 4 is 27.5 Å². The van der Waals surface area contributed by atoms with Crippen LogP contribution in [0.3, 0.4) is 0 Å². The monoisotopic (exact) mass is 331 g/mol. The van der Waals surface area contributed by atoms with Crippen LogP contribution in [0, 0.1) is 13.8 Å². The summed E-state index contributed by atoms with van der Waals surface area (Å²) in [5.74, 6) is 1.34. The van der Waals surface area contributed by atoms with Crippen molar-refractivity contribution in [2.24, 2.45) is 0 Å². The standard InChI is InChI=1S/C15H17N5O2S/c1-10-16-4-6-19(10)9-13(21)17-5-7-20-11(2)18-14-12(15(20)22)3-8-23-14/h3-4,6,8H,5,7,9H2,1-2H3,(H,17,21). The van der Waals surface area contributed by atoms with Crippen LogP contribution in [0.25, 0.3) is 10.2 Å². The molecule has 1 N–H and O–H groups in total. The van der Waals surface area contributed by atoms with E-state index in [4.69, 9.17) is 0 Å². The van der Waals surface area contributed by atoms with Gasteiger partial charge in [0.15, 0.2) is 0 Å². The lowest BCUT2D eigenvalue weighted by atomic mass is 10.4. The van der Waals surface area contributed by atoms with Crippen molar-refractivity contribution < 1.29 is 4.79 Å². The molecule has 8 heteroatoms. The van der Waals surface area contributed by atoms with E-state index < -0.39 is 0 Å². The Hall–Kier alpha value is -2.48. The predicted octanol–water partition coefficient (Wildman–Crippen LogP) is 1.09. The van der Waals surface area contributed by atoms with E-state index in [1.165, 1.54) is 11.3 Å². The van der Waals surface area contributed by atoms with Crippen LogP contribution in [0.15, 0.2) is 28.6 Å². The predicted molar refractivity (Wildman–Crippen MR) is 88.6 cm³/mol. The summed E-state index contributed by atoms with van der Waals surface area (Å²) in [6.07, 6.45) is 3.42. The number of hydrogen-bond donors (Lipinski definition) is 1. The van der Waals surface area contributed by atoms with Gasteiger partial charge in [0.2, 0.25) is 5.91 Å². The van der Waals surface area contributed by atoms with Crippen LogP contribution in [0.4, 0.5) is 0 Å². The molecular formula is C15H17N5O2S. The Balaban J connectivity index is 1.64. The molecule has 0 fully saturated rings. The topological polar surface area (TPSA) is 81.8 Å². The van der Waals surface area contributed by atoms with Gasteiger partial charge < -0.3 is 9.88 Å². The zero-order chi connectivity index (χ0) is 16.4. The number of thiophene rings is 1. The first kappa shape index (κ1) is 15.4. The van der Waals surface area contributed by atoms with Gasteiger partial charge in [-0.15, -0.1) is 11.3 Å². The molecule has 7 nitrogen and oxygen atoms in total. The van der Waals surface area contributed by atoms with Crippen molar-refractivity contribution in [1.82, 2.24) is 24.4 Å². The van der Waals surface area contributed by atoms with Gasteiger partial charge in [-0.05, 0) is 25.3 Å². The van der Waals surface area contributed by atoms with Crippen LogP contribution in [0.1, 0.15) is 11.6 Å². The molecule has 0 aromatic carbocycles. The fraction of sp³-hybridized carbons (Fsp3) is 0.333. The van der Waals surface area contributed by atoms with Crippen LogP contribution in [0.5, 0.6) is 0 Å². The van der Waals surface area contributed by atoms with Gasteiger partial charge in [0, 0.05) is 25.5 Å². The summed E-state index contributed by atoms with van der Waals surface area (Å²) in [5, 5.41) is 5.31. The molecule has 3 heterocycles. The lowest BCUT2D eigenvalue weighted by Gasteiger charge is -2.11. The zero-order valence-corrected chi connectivity index (χ0v) is 13.8. The number of nitrogens with one attached hydrogen (secondary N) is 1. The number of aromatic nitrogens is 4. The number of hydrogen-bond acceptors (Lipinski definition) is 5. The molecule has 0 aliphatic heterocycles. The second-order valence-electron chi connectivity index (χ2n) is 5.21. The molecular weight excluding hydrogens is 314 g/mol. The number of fused-ring (bicyclic) bond motifs is 1. The van der Waals surface area contributed by atoms with Crippen molar-refractivity contribution in [1.29, 1.82) is 0 Å². The Morgan fingerprint density at radius 2 is 2.17 bits per heavy atom. The van der Waals surface area contributed by atoms with Crippen LogP contribution in [-0.4, -0.2) is 31.6 Å². The fourth-order valence-corrected chi connectivity index (χ4v) is 3.20. The highest BCUT2D eigenvalue weighted by Crippen LogP contribution is 2.14. The molecule has 0 saturated heterocycles. The fourth-order valence-electron chi connectivity index (χ4n) is 2.40. The second-order valence-corrected chi connectivity index (χ2v) is 6.10. The minimum Gasteiger partial charge on any atom is -0.353 e. The van der Waals surface area contributed by atoms with Gasteiger partial charge in [0.25, 0.3) is 5.56 Å². The van der Waals surface area contributed by atoms with Gasteiger partial charge in [0.05, 0.1) is 5.39 Å². The third-order valence-corrected chi connectivity index (χ3v) is 4.48. The van der Waals surface area contributed by atoms with E-state index in [1.807, 2.05) is 12.3 Å². The highest BCUT2D eigenvalue weighted by atomic mass is 32.1.